The zero-order valence-corrected chi connectivity index (χ0v) is 8.97. The molecule has 2 rings (SSSR count). The second-order valence-electron chi connectivity index (χ2n) is 3.22. The van der Waals surface area contributed by atoms with E-state index in [1.165, 1.54) is 21.6 Å². The van der Waals surface area contributed by atoms with Crippen LogP contribution in [0.4, 0.5) is 0 Å². The summed E-state index contributed by atoms with van der Waals surface area (Å²) < 4.78 is 0. The average molecular weight is 200 g/mol. The summed E-state index contributed by atoms with van der Waals surface area (Å²) in [7, 11) is 0. The molecule has 0 nitrogen and oxygen atoms in total. The van der Waals surface area contributed by atoms with Crippen molar-refractivity contribution < 1.29 is 0 Å². The summed E-state index contributed by atoms with van der Waals surface area (Å²) >= 11 is 1.79. The molecule has 1 heteroatoms. The van der Waals surface area contributed by atoms with Crippen LogP contribution in [0.2, 0.25) is 0 Å². The lowest BCUT2D eigenvalue weighted by atomic mass is 10.1. The molecule has 0 N–H and O–H groups in total. The summed E-state index contributed by atoms with van der Waals surface area (Å²) in [6.07, 6.45) is 1.87. The minimum absolute atomic E-state index is 1.17. The third kappa shape index (κ3) is 1.64. The van der Waals surface area contributed by atoms with E-state index >= 15 is 0 Å². The van der Waals surface area contributed by atoms with Gasteiger partial charge in [-0.1, -0.05) is 36.9 Å². The topological polar surface area (TPSA) is 0 Å². The highest BCUT2D eigenvalue weighted by Crippen LogP contribution is 2.27. The van der Waals surface area contributed by atoms with E-state index < -0.39 is 0 Å². The Kier molecular flexibility index (Phi) is 2.51. The molecule has 0 unspecified atom stereocenters. The highest BCUT2D eigenvalue weighted by molar-refractivity contribution is 7.10. The van der Waals surface area contributed by atoms with E-state index in [4.69, 9.17) is 0 Å². The maximum absolute atomic E-state index is 3.74. The quantitative estimate of drug-likeness (QED) is 0.675. The highest BCUT2D eigenvalue weighted by atomic mass is 32.1. The van der Waals surface area contributed by atoms with Crippen LogP contribution in [-0.2, 0) is 0 Å². The van der Waals surface area contributed by atoms with Crippen molar-refractivity contribution in [3.05, 3.63) is 52.7 Å². The van der Waals surface area contributed by atoms with Gasteiger partial charge in [0.15, 0.2) is 0 Å². The zero-order valence-electron chi connectivity index (χ0n) is 8.16. The van der Waals surface area contributed by atoms with Crippen LogP contribution in [0.15, 0.2) is 42.3 Å². The molecule has 1 aromatic carbocycles. The number of thiophene rings is 1. The standard InChI is InChI=1S/C13H12S/c1-3-11-4-6-12(7-5-11)13-8-9-14-10(13)2/h3-9H,1H2,2H3. The van der Waals surface area contributed by atoms with Crippen LogP contribution in [0.3, 0.4) is 0 Å². The van der Waals surface area contributed by atoms with Crippen molar-refractivity contribution in [2.75, 3.05) is 0 Å². The van der Waals surface area contributed by atoms with Gasteiger partial charge in [-0.2, -0.15) is 0 Å². The van der Waals surface area contributed by atoms with Crippen LogP contribution in [-0.4, -0.2) is 0 Å². The van der Waals surface area contributed by atoms with Crippen molar-refractivity contribution in [2.24, 2.45) is 0 Å². The SMILES string of the molecule is C=Cc1ccc(-c2ccsc2C)cc1. The van der Waals surface area contributed by atoms with E-state index in [0.717, 1.165) is 0 Å². The first-order valence-corrected chi connectivity index (χ1v) is 5.46. The van der Waals surface area contributed by atoms with Crippen LogP contribution >= 0.6 is 11.3 Å². The fourth-order valence-electron chi connectivity index (χ4n) is 1.48. The molecule has 0 amide bonds. The molecule has 14 heavy (non-hydrogen) atoms. The van der Waals surface area contributed by atoms with Gasteiger partial charge in [-0.25, -0.2) is 0 Å². The van der Waals surface area contributed by atoms with E-state index in [1.807, 2.05) is 6.08 Å². The molecule has 1 aromatic heterocycles. The van der Waals surface area contributed by atoms with Gasteiger partial charge in [0.25, 0.3) is 0 Å². The third-order valence-corrected chi connectivity index (χ3v) is 3.16. The van der Waals surface area contributed by atoms with Gasteiger partial charge in [-0.05, 0) is 35.1 Å². The van der Waals surface area contributed by atoms with Crippen LogP contribution in [0, 0.1) is 6.92 Å². The van der Waals surface area contributed by atoms with E-state index in [0.29, 0.717) is 0 Å². The number of hydrogen-bond donors (Lipinski definition) is 0. The molecule has 0 aliphatic carbocycles. The summed E-state index contributed by atoms with van der Waals surface area (Å²) in [4.78, 5) is 1.37. The second kappa shape index (κ2) is 3.81. The van der Waals surface area contributed by atoms with Crippen LogP contribution in [0.1, 0.15) is 10.4 Å². The van der Waals surface area contributed by atoms with Crippen LogP contribution < -0.4 is 0 Å². The Bertz CT molecular complexity index is 435. The van der Waals surface area contributed by atoms with Crippen molar-refractivity contribution in [1.82, 2.24) is 0 Å². The molecule has 0 saturated heterocycles. The Morgan fingerprint density at radius 2 is 1.86 bits per heavy atom. The normalized spacial score (nSPS) is 10.1. The Balaban J connectivity index is 2.43. The van der Waals surface area contributed by atoms with Gasteiger partial charge in [0, 0.05) is 4.88 Å². The average Bonchev–Trinajstić information content (AvgIpc) is 2.65. The Hall–Kier alpha value is -1.34. The first kappa shape index (κ1) is 9.22. The molecule has 0 aliphatic rings. The highest BCUT2D eigenvalue weighted by Gasteiger charge is 2.01. The minimum atomic E-state index is 1.17. The van der Waals surface area contributed by atoms with Crippen molar-refractivity contribution in [3.63, 3.8) is 0 Å². The van der Waals surface area contributed by atoms with Gasteiger partial charge in [-0.15, -0.1) is 11.3 Å². The molecule has 0 aliphatic heterocycles. The smallest absolute Gasteiger partial charge is 0.00925 e. The molecule has 2 aromatic rings. The third-order valence-electron chi connectivity index (χ3n) is 2.32. The lowest BCUT2D eigenvalue weighted by molar-refractivity contribution is 1.57. The molecule has 0 radical (unpaired) electrons. The van der Waals surface area contributed by atoms with Crippen molar-refractivity contribution >= 4 is 17.4 Å². The molecule has 1 heterocycles. The van der Waals surface area contributed by atoms with Crippen molar-refractivity contribution in [2.45, 2.75) is 6.92 Å². The lowest BCUT2D eigenvalue weighted by Crippen LogP contribution is -1.77. The van der Waals surface area contributed by atoms with Gasteiger partial charge in [0.1, 0.15) is 0 Å². The summed E-state index contributed by atoms with van der Waals surface area (Å²) in [5.41, 5.74) is 3.79. The predicted octanol–water partition coefficient (Wildman–Crippen LogP) is 4.37. The largest absolute Gasteiger partial charge is 0.149 e. The van der Waals surface area contributed by atoms with E-state index in [-0.39, 0.29) is 0 Å². The molecular weight excluding hydrogens is 188 g/mol. The number of rotatable bonds is 2. The zero-order chi connectivity index (χ0) is 9.97. The summed E-state index contributed by atoms with van der Waals surface area (Å²) in [5, 5.41) is 2.13. The van der Waals surface area contributed by atoms with Crippen molar-refractivity contribution in [3.8, 4) is 11.1 Å². The lowest BCUT2D eigenvalue weighted by Gasteiger charge is -2.00. The van der Waals surface area contributed by atoms with E-state index in [2.05, 4.69) is 49.2 Å². The van der Waals surface area contributed by atoms with Gasteiger partial charge >= 0.3 is 0 Å². The van der Waals surface area contributed by atoms with E-state index in [1.54, 1.807) is 11.3 Å². The molecule has 0 saturated carbocycles. The Morgan fingerprint density at radius 3 is 2.36 bits per heavy atom. The summed E-state index contributed by atoms with van der Waals surface area (Å²) in [5.74, 6) is 0. The summed E-state index contributed by atoms with van der Waals surface area (Å²) in [6.45, 7) is 5.90. The minimum Gasteiger partial charge on any atom is -0.149 e. The molecule has 0 bridgehead atoms. The fourth-order valence-corrected chi connectivity index (χ4v) is 2.20. The number of aryl methyl sites for hydroxylation is 1. The maximum Gasteiger partial charge on any atom is 0.00925 e. The van der Waals surface area contributed by atoms with E-state index in [9.17, 15) is 0 Å². The van der Waals surface area contributed by atoms with Gasteiger partial charge < -0.3 is 0 Å². The maximum atomic E-state index is 3.74. The Morgan fingerprint density at radius 1 is 1.14 bits per heavy atom. The van der Waals surface area contributed by atoms with Gasteiger partial charge in [0.05, 0.1) is 0 Å². The molecule has 70 valence electrons. The fraction of sp³-hybridized carbons (Fsp3) is 0.0769. The summed E-state index contributed by atoms with van der Waals surface area (Å²) in [6, 6.07) is 10.7. The monoisotopic (exact) mass is 200 g/mol. The Labute approximate surface area is 88.5 Å². The van der Waals surface area contributed by atoms with Gasteiger partial charge in [0.2, 0.25) is 0 Å². The van der Waals surface area contributed by atoms with Crippen molar-refractivity contribution in [1.29, 1.82) is 0 Å². The molecular formula is C13H12S. The molecule has 0 atom stereocenters. The predicted molar refractivity (Wildman–Crippen MR) is 64.6 cm³/mol. The first-order valence-electron chi connectivity index (χ1n) is 4.58. The molecule has 0 fully saturated rings. The molecule has 0 spiro atoms. The number of benzene rings is 1. The second-order valence-corrected chi connectivity index (χ2v) is 4.34. The number of hydrogen-bond acceptors (Lipinski definition) is 1. The van der Waals surface area contributed by atoms with Crippen LogP contribution in [0.25, 0.3) is 17.2 Å². The van der Waals surface area contributed by atoms with Crippen LogP contribution in [0.5, 0.6) is 0 Å². The first-order chi connectivity index (χ1) is 6.81. The van der Waals surface area contributed by atoms with Gasteiger partial charge in [-0.3, -0.25) is 0 Å².